The summed E-state index contributed by atoms with van der Waals surface area (Å²) in [4.78, 5) is 0. The zero-order chi connectivity index (χ0) is 14.0. The third-order valence-electron chi connectivity index (χ3n) is 2.03. The van der Waals surface area contributed by atoms with Gasteiger partial charge in [-0.05, 0) is 12.1 Å². The second-order valence-electron chi connectivity index (χ2n) is 3.49. The quantitative estimate of drug-likeness (QED) is 0.782. The Morgan fingerprint density at radius 3 is 2.42 bits per heavy atom. The topological polar surface area (TPSA) is 35.0 Å². The Labute approximate surface area is 109 Å². The molecule has 0 amide bonds. The van der Waals surface area contributed by atoms with E-state index >= 15 is 0 Å². The SMILES string of the molecule is Fc1cc(Oc2cnnc(Cl)c2)cc(C(F)(F)F)c1. The van der Waals surface area contributed by atoms with E-state index in [-0.39, 0.29) is 16.7 Å². The summed E-state index contributed by atoms with van der Waals surface area (Å²) < 4.78 is 55.6. The van der Waals surface area contributed by atoms with Crippen LogP contribution in [-0.4, -0.2) is 10.2 Å². The molecule has 0 unspecified atom stereocenters. The molecule has 8 heteroatoms. The van der Waals surface area contributed by atoms with Gasteiger partial charge in [0.1, 0.15) is 11.6 Å². The second-order valence-corrected chi connectivity index (χ2v) is 3.88. The average Bonchev–Trinajstić information content (AvgIpc) is 2.26. The summed E-state index contributed by atoms with van der Waals surface area (Å²) in [5, 5.41) is 6.89. The molecule has 0 radical (unpaired) electrons. The van der Waals surface area contributed by atoms with Gasteiger partial charge in [-0.3, -0.25) is 0 Å². The largest absolute Gasteiger partial charge is 0.455 e. The molecule has 2 aromatic rings. The highest BCUT2D eigenvalue weighted by molar-refractivity contribution is 6.29. The molecule has 0 atom stereocenters. The zero-order valence-corrected chi connectivity index (χ0v) is 9.84. The molecule has 0 bridgehead atoms. The van der Waals surface area contributed by atoms with Crippen molar-refractivity contribution in [3.8, 4) is 11.5 Å². The minimum atomic E-state index is -4.66. The Hall–Kier alpha value is -1.89. The van der Waals surface area contributed by atoms with Crippen molar-refractivity contribution in [1.82, 2.24) is 10.2 Å². The van der Waals surface area contributed by atoms with Crippen LogP contribution in [0.3, 0.4) is 0 Å². The Morgan fingerprint density at radius 1 is 1.05 bits per heavy atom. The summed E-state index contributed by atoms with van der Waals surface area (Å²) in [6, 6.07) is 3.12. The number of halogens is 5. The zero-order valence-electron chi connectivity index (χ0n) is 9.08. The molecule has 0 saturated carbocycles. The molecule has 0 aliphatic heterocycles. The summed E-state index contributed by atoms with van der Waals surface area (Å²) in [6.45, 7) is 0. The van der Waals surface area contributed by atoms with Crippen LogP contribution in [0.4, 0.5) is 17.6 Å². The Kier molecular flexibility index (Phi) is 3.57. The molecule has 1 heterocycles. The van der Waals surface area contributed by atoms with Crippen molar-refractivity contribution < 1.29 is 22.3 Å². The number of rotatable bonds is 2. The number of hydrogen-bond donors (Lipinski definition) is 0. The molecule has 3 nitrogen and oxygen atoms in total. The fourth-order valence-corrected chi connectivity index (χ4v) is 1.45. The van der Waals surface area contributed by atoms with Gasteiger partial charge in [-0.2, -0.15) is 18.3 Å². The van der Waals surface area contributed by atoms with E-state index in [0.29, 0.717) is 12.1 Å². The van der Waals surface area contributed by atoms with Crippen LogP contribution in [-0.2, 0) is 6.18 Å². The van der Waals surface area contributed by atoms with Crippen LogP contribution in [0.2, 0.25) is 5.15 Å². The van der Waals surface area contributed by atoms with Gasteiger partial charge in [-0.15, -0.1) is 5.10 Å². The molecule has 0 N–H and O–H groups in total. The minimum absolute atomic E-state index is 0.00458. The number of nitrogens with zero attached hydrogens (tertiary/aromatic N) is 2. The third kappa shape index (κ3) is 3.54. The maximum Gasteiger partial charge on any atom is 0.416 e. The van der Waals surface area contributed by atoms with Gasteiger partial charge in [0.2, 0.25) is 0 Å². The number of aromatic nitrogens is 2. The first-order valence-corrected chi connectivity index (χ1v) is 5.26. The van der Waals surface area contributed by atoms with E-state index in [2.05, 4.69) is 10.2 Å². The second kappa shape index (κ2) is 5.00. The minimum Gasteiger partial charge on any atom is -0.455 e. The van der Waals surface area contributed by atoms with Crippen molar-refractivity contribution in [3.63, 3.8) is 0 Å². The molecule has 0 aliphatic rings. The normalized spacial score (nSPS) is 11.4. The van der Waals surface area contributed by atoms with E-state index < -0.39 is 17.6 Å². The van der Waals surface area contributed by atoms with E-state index in [4.69, 9.17) is 16.3 Å². The monoisotopic (exact) mass is 292 g/mol. The van der Waals surface area contributed by atoms with E-state index in [1.165, 1.54) is 6.07 Å². The Balaban J connectivity index is 2.33. The Morgan fingerprint density at radius 2 is 1.79 bits per heavy atom. The maximum atomic E-state index is 13.1. The molecule has 1 aromatic carbocycles. The van der Waals surface area contributed by atoms with E-state index in [1.807, 2.05) is 0 Å². The third-order valence-corrected chi connectivity index (χ3v) is 2.22. The number of benzene rings is 1. The van der Waals surface area contributed by atoms with Crippen LogP contribution in [0.15, 0.2) is 30.5 Å². The predicted octanol–water partition coefficient (Wildman–Crippen LogP) is 4.08. The summed E-state index contributed by atoms with van der Waals surface area (Å²) in [5.41, 5.74) is -1.14. The van der Waals surface area contributed by atoms with Crippen molar-refractivity contribution >= 4 is 11.6 Å². The van der Waals surface area contributed by atoms with Crippen molar-refractivity contribution in [3.05, 3.63) is 47.0 Å². The maximum absolute atomic E-state index is 13.1. The first-order valence-electron chi connectivity index (χ1n) is 4.88. The van der Waals surface area contributed by atoms with Crippen LogP contribution in [0.5, 0.6) is 11.5 Å². The van der Waals surface area contributed by atoms with Crippen LogP contribution in [0, 0.1) is 5.82 Å². The first-order chi connectivity index (χ1) is 8.84. The summed E-state index contributed by atoms with van der Waals surface area (Å²) in [5.74, 6) is -1.31. The Bertz CT molecular complexity index is 603. The van der Waals surface area contributed by atoms with Crippen molar-refractivity contribution in [2.45, 2.75) is 6.18 Å². The highest BCUT2D eigenvalue weighted by atomic mass is 35.5. The van der Waals surface area contributed by atoms with Crippen molar-refractivity contribution in [1.29, 1.82) is 0 Å². The molecule has 2 rings (SSSR count). The highest BCUT2D eigenvalue weighted by Gasteiger charge is 2.31. The molecule has 0 saturated heterocycles. The standard InChI is InChI=1S/C11H5ClF4N2O/c12-10-4-9(5-17-18-10)19-8-2-6(11(14,15)16)1-7(13)3-8/h1-5H. The average molecular weight is 293 g/mol. The van der Waals surface area contributed by atoms with Gasteiger partial charge < -0.3 is 4.74 Å². The van der Waals surface area contributed by atoms with Gasteiger partial charge in [0, 0.05) is 12.1 Å². The fourth-order valence-electron chi connectivity index (χ4n) is 1.30. The molecule has 100 valence electrons. The summed E-state index contributed by atoms with van der Waals surface area (Å²) in [7, 11) is 0. The lowest BCUT2D eigenvalue weighted by Gasteiger charge is -2.10. The van der Waals surface area contributed by atoms with Crippen molar-refractivity contribution in [2.75, 3.05) is 0 Å². The lowest BCUT2D eigenvalue weighted by Crippen LogP contribution is -2.05. The summed E-state index contributed by atoms with van der Waals surface area (Å²) >= 11 is 5.54. The van der Waals surface area contributed by atoms with E-state index in [9.17, 15) is 17.6 Å². The van der Waals surface area contributed by atoms with Crippen LogP contribution in [0.1, 0.15) is 5.56 Å². The summed E-state index contributed by atoms with van der Waals surface area (Å²) in [6.07, 6.45) is -3.52. The van der Waals surface area contributed by atoms with Crippen LogP contribution < -0.4 is 4.74 Å². The van der Waals surface area contributed by atoms with Gasteiger partial charge in [-0.1, -0.05) is 11.6 Å². The molecular weight excluding hydrogens is 288 g/mol. The predicted molar refractivity (Wildman–Crippen MR) is 58.5 cm³/mol. The molecule has 0 aliphatic carbocycles. The first kappa shape index (κ1) is 13.5. The highest BCUT2D eigenvalue weighted by Crippen LogP contribution is 2.33. The lowest BCUT2D eigenvalue weighted by atomic mass is 10.2. The van der Waals surface area contributed by atoms with Gasteiger partial charge in [-0.25, -0.2) is 4.39 Å². The van der Waals surface area contributed by atoms with Gasteiger partial charge >= 0.3 is 6.18 Å². The van der Waals surface area contributed by atoms with Crippen molar-refractivity contribution in [2.24, 2.45) is 0 Å². The van der Waals surface area contributed by atoms with Gasteiger partial charge in [0.25, 0.3) is 0 Å². The number of hydrogen-bond acceptors (Lipinski definition) is 3. The van der Waals surface area contributed by atoms with E-state index in [1.54, 1.807) is 0 Å². The van der Waals surface area contributed by atoms with Crippen LogP contribution in [0.25, 0.3) is 0 Å². The van der Waals surface area contributed by atoms with E-state index in [0.717, 1.165) is 12.3 Å². The smallest absolute Gasteiger partial charge is 0.416 e. The number of ether oxygens (including phenoxy) is 1. The molecule has 19 heavy (non-hydrogen) atoms. The fraction of sp³-hybridized carbons (Fsp3) is 0.0909. The number of alkyl halides is 3. The lowest BCUT2D eigenvalue weighted by molar-refractivity contribution is -0.137. The molecule has 1 aromatic heterocycles. The van der Waals surface area contributed by atoms with Gasteiger partial charge in [0.05, 0.1) is 11.8 Å². The molecular formula is C11H5ClF4N2O. The van der Waals surface area contributed by atoms with Gasteiger partial charge in [0.15, 0.2) is 10.9 Å². The molecule has 0 spiro atoms. The molecule has 0 fully saturated rings. The van der Waals surface area contributed by atoms with Crippen LogP contribution >= 0.6 is 11.6 Å².